The third kappa shape index (κ3) is 2.81. The predicted octanol–water partition coefficient (Wildman–Crippen LogP) is 1.47. The molecule has 2 fully saturated rings. The minimum atomic E-state index is 0.0310. The molecule has 0 bridgehead atoms. The zero-order valence-electron chi connectivity index (χ0n) is 11.5. The molecule has 1 unspecified atom stereocenters. The molecule has 1 aromatic heterocycles. The second-order valence-electron chi connectivity index (χ2n) is 5.73. The molecule has 1 aliphatic carbocycles. The van der Waals surface area contributed by atoms with E-state index in [0.29, 0.717) is 17.9 Å². The van der Waals surface area contributed by atoms with Gasteiger partial charge in [0.25, 0.3) is 5.56 Å². The number of hydrogen-bond donors (Lipinski definition) is 1. The van der Waals surface area contributed by atoms with Crippen molar-refractivity contribution < 1.29 is 0 Å². The molecular weight excluding hydrogens is 240 g/mol. The topological polar surface area (TPSA) is 50.2 Å². The molecule has 1 saturated heterocycles. The van der Waals surface area contributed by atoms with E-state index < -0.39 is 0 Å². The number of nitrogens with one attached hydrogen (secondary N) is 1. The van der Waals surface area contributed by atoms with Gasteiger partial charge in [-0.1, -0.05) is 6.42 Å². The van der Waals surface area contributed by atoms with Crippen molar-refractivity contribution in [1.82, 2.24) is 14.5 Å². The molecule has 0 radical (unpaired) electrons. The minimum absolute atomic E-state index is 0.0310. The average Bonchev–Trinajstić information content (AvgIpc) is 3.24. The van der Waals surface area contributed by atoms with Gasteiger partial charge in [-0.15, -0.1) is 0 Å². The summed E-state index contributed by atoms with van der Waals surface area (Å²) in [5.41, 5.74) is 0.0310. The van der Waals surface area contributed by atoms with Crippen LogP contribution in [0.2, 0.25) is 0 Å². The summed E-state index contributed by atoms with van der Waals surface area (Å²) in [6, 6.07) is 0.929. The predicted molar refractivity (Wildman–Crippen MR) is 75.5 cm³/mol. The van der Waals surface area contributed by atoms with Crippen molar-refractivity contribution in [2.24, 2.45) is 0 Å². The Morgan fingerprint density at radius 3 is 2.95 bits per heavy atom. The van der Waals surface area contributed by atoms with Crippen LogP contribution in [0.15, 0.2) is 17.2 Å². The zero-order chi connectivity index (χ0) is 13.2. The van der Waals surface area contributed by atoms with Crippen LogP contribution in [0.5, 0.6) is 0 Å². The lowest BCUT2D eigenvalue weighted by Gasteiger charge is -2.32. The molecule has 104 valence electrons. The van der Waals surface area contributed by atoms with E-state index in [4.69, 9.17) is 0 Å². The number of anilines is 1. The fourth-order valence-electron chi connectivity index (χ4n) is 2.80. The first-order valence-electron chi connectivity index (χ1n) is 7.27. The second-order valence-corrected chi connectivity index (χ2v) is 5.73. The van der Waals surface area contributed by atoms with Gasteiger partial charge in [-0.3, -0.25) is 4.79 Å². The van der Waals surface area contributed by atoms with Crippen LogP contribution in [0.4, 0.5) is 5.82 Å². The van der Waals surface area contributed by atoms with E-state index in [1.54, 1.807) is 12.4 Å². The number of hydrogen-bond acceptors (Lipinski definition) is 4. The minimum Gasteiger partial charge on any atom is -0.364 e. The van der Waals surface area contributed by atoms with E-state index in [0.717, 1.165) is 25.9 Å². The Morgan fingerprint density at radius 1 is 1.37 bits per heavy atom. The molecule has 1 aromatic rings. The van der Waals surface area contributed by atoms with Crippen molar-refractivity contribution in [3.8, 4) is 0 Å². The van der Waals surface area contributed by atoms with E-state index >= 15 is 0 Å². The summed E-state index contributed by atoms with van der Waals surface area (Å²) in [7, 11) is 2.16. The summed E-state index contributed by atoms with van der Waals surface area (Å²) < 4.78 is 1.82. The Balaban J connectivity index is 1.66. The van der Waals surface area contributed by atoms with E-state index in [1.165, 1.54) is 19.3 Å². The molecule has 0 amide bonds. The smallest absolute Gasteiger partial charge is 0.293 e. The van der Waals surface area contributed by atoms with Crippen molar-refractivity contribution >= 4 is 5.82 Å². The lowest BCUT2D eigenvalue weighted by molar-refractivity contribution is 0.194. The summed E-state index contributed by atoms with van der Waals surface area (Å²) in [5, 5.41) is 3.25. The van der Waals surface area contributed by atoms with Crippen molar-refractivity contribution in [3.63, 3.8) is 0 Å². The Morgan fingerprint density at radius 2 is 2.21 bits per heavy atom. The van der Waals surface area contributed by atoms with Crippen LogP contribution in [0, 0.1) is 0 Å². The van der Waals surface area contributed by atoms with Gasteiger partial charge in [0.15, 0.2) is 5.82 Å². The van der Waals surface area contributed by atoms with Gasteiger partial charge in [0.2, 0.25) is 0 Å². The van der Waals surface area contributed by atoms with Gasteiger partial charge >= 0.3 is 0 Å². The first-order valence-corrected chi connectivity index (χ1v) is 7.27. The van der Waals surface area contributed by atoms with Gasteiger partial charge in [0.1, 0.15) is 0 Å². The standard InChI is InChI=1S/C14H22N4O/c1-17-8-3-2-4-12(17)10-16-13-14(19)18(9-7-15-13)11-5-6-11/h7,9,11-12H,2-6,8,10H2,1H3,(H,15,16). The van der Waals surface area contributed by atoms with Gasteiger partial charge in [-0.25, -0.2) is 4.98 Å². The monoisotopic (exact) mass is 262 g/mol. The van der Waals surface area contributed by atoms with Crippen molar-refractivity contribution in [2.75, 3.05) is 25.5 Å². The van der Waals surface area contributed by atoms with Gasteiger partial charge in [-0.2, -0.15) is 0 Å². The maximum atomic E-state index is 12.2. The van der Waals surface area contributed by atoms with E-state index in [1.807, 2.05) is 4.57 Å². The van der Waals surface area contributed by atoms with Crippen molar-refractivity contribution in [3.05, 3.63) is 22.7 Å². The Labute approximate surface area is 113 Å². The summed E-state index contributed by atoms with van der Waals surface area (Å²) in [5.74, 6) is 0.508. The largest absolute Gasteiger partial charge is 0.364 e. The fourth-order valence-corrected chi connectivity index (χ4v) is 2.80. The number of nitrogens with zero attached hydrogens (tertiary/aromatic N) is 3. The maximum absolute atomic E-state index is 12.2. The number of likely N-dealkylation sites (tertiary alicyclic amines) is 1. The lowest BCUT2D eigenvalue weighted by Crippen LogP contribution is -2.41. The third-order valence-electron chi connectivity index (χ3n) is 4.23. The van der Waals surface area contributed by atoms with Gasteiger partial charge in [-0.05, 0) is 39.3 Å². The molecule has 2 aliphatic rings. The van der Waals surface area contributed by atoms with Gasteiger partial charge < -0.3 is 14.8 Å². The van der Waals surface area contributed by atoms with Crippen LogP contribution < -0.4 is 10.9 Å². The van der Waals surface area contributed by atoms with Crippen molar-refractivity contribution in [1.29, 1.82) is 0 Å². The van der Waals surface area contributed by atoms with Crippen LogP contribution >= 0.6 is 0 Å². The van der Waals surface area contributed by atoms with Crippen LogP contribution in [0.25, 0.3) is 0 Å². The normalized spacial score (nSPS) is 24.4. The molecule has 1 N–H and O–H groups in total. The molecule has 0 spiro atoms. The number of piperidine rings is 1. The highest BCUT2D eigenvalue weighted by Gasteiger charge is 2.25. The van der Waals surface area contributed by atoms with Gasteiger partial charge in [0.05, 0.1) is 0 Å². The fraction of sp³-hybridized carbons (Fsp3) is 0.714. The highest BCUT2D eigenvalue weighted by Crippen LogP contribution is 2.33. The molecule has 0 aromatic carbocycles. The van der Waals surface area contributed by atoms with Crippen LogP contribution in [-0.2, 0) is 0 Å². The van der Waals surface area contributed by atoms with E-state index in [2.05, 4.69) is 22.2 Å². The van der Waals surface area contributed by atoms with Crippen LogP contribution in [0.1, 0.15) is 38.1 Å². The Bertz CT molecular complexity index is 494. The molecule has 1 aliphatic heterocycles. The van der Waals surface area contributed by atoms with Crippen LogP contribution in [-0.4, -0.2) is 40.6 Å². The number of rotatable bonds is 4. The number of likely N-dealkylation sites (N-methyl/N-ethyl adjacent to an activating group) is 1. The maximum Gasteiger partial charge on any atom is 0.293 e. The SMILES string of the molecule is CN1CCCCC1CNc1nccn(C2CC2)c1=O. The Hall–Kier alpha value is -1.36. The average molecular weight is 262 g/mol. The summed E-state index contributed by atoms with van der Waals surface area (Å²) in [4.78, 5) is 18.8. The summed E-state index contributed by atoms with van der Waals surface area (Å²) in [6.45, 7) is 1.97. The second kappa shape index (κ2) is 5.33. The van der Waals surface area contributed by atoms with E-state index in [9.17, 15) is 4.79 Å². The molecule has 1 saturated carbocycles. The van der Waals surface area contributed by atoms with Crippen molar-refractivity contribution in [2.45, 2.75) is 44.2 Å². The molecule has 3 rings (SSSR count). The first-order chi connectivity index (χ1) is 9.25. The highest BCUT2D eigenvalue weighted by atomic mass is 16.1. The molecule has 5 nitrogen and oxygen atoms in total. The molecule has 1 atom stereocenters. The Kier molecular flexibility index (Phi) is 3.55. The molecule has 5 heteroatoms. The zero-order valence-corrected chi connectivity index (χ0v) is 11.5. The highest BCUT2D eigenvalue weighted by molar-refractivity contribution is 5.31. The van der Waals surface area contributed by atoms with E-state index in [-0.39, 0.29) is 5.56 Å². The quantitative estimate of drug-likeness (QED) is 0.893. The molecule has 2 heterocycles. The first kappa shape index (κ1) is 12.7. The molecule has 19 heavy (non-hydrogen) atoms. The lowest BCUT2D eigenvalue weighted by atomic mass is 10.0. The summed E-state index contributed by atoms with van der Waals surface area (Å²) in [6.07, 6.45) is 9.54. The third-order valence-corrected chi connectivity index (χ3v) is 4.23. The summed E-state index contributed by atoms with van der Waals surface area (Å²) >= 11 is 0. The number of aromatic nitrogens is 2. The van der Waals surface area contributed by atoms with Gasteiger partial charge in [0, 0.05) is 31.0 Å². The molecular formula is C14H22N4O. The van der Waals surface area contributed by atoms with Crippen LogP contribution in [0.3, 0.4) is 0 Å².